The third-order valence-corrected chi connectivity index (χ3v) is 6.27. The highest BCUT2D eigenvalue weighted by Gasteiger charge is 2.28. The van der Waals surface area contributed by atoms with Gasteiger partial charge in [0.1, 0.15) is 11.8 Å². The summed E-state index contributed by atoms with van der Waals surface area (Å²) in [5.41, 5.74) is 3.88. The molecule has 0 amide bonds. The van der Waals surface area contributed by atoms with E-state index in [1.54, 1.807) is 18.4 Å². The Labute approximate surface area is 175 Å². The summed E-state index contributed by atoms with van der Waals surface area (Å²) in [7, 11) is 1.65. The Kier molecular flexibility index (Phi) is 6.27. The smallest absolute Gasteiger partial charge is 0.190 e. The number of hydrogen-bond donors (Lipinski definition) is 2. The van der Waals surface area contributed by atoms with Crippen molar-refractivity contribution in [3.8, 4) is 5.75 Å². The Morgan fingerprint density at radius 1 is 1.10 bits per heavy atom. The lowest BCUT2D eigenvalue weighted by atomic mass is 9.86. The fourth-order valence-corrected chi connectivity index (χ4v) is 4.86. The van der Waals surface area contributed by atoms with E-state index < -0.39 is 6.04 Å². The van der Waals surface area contributed by atoms with E-state index in [2.05, 4.69) is 16.0 Å². The number of benzene rings is 2. The first-order valence-corrected chi connectivity index (χ1v) is 11.0. The van der Waals surface area contributed by atoms with Gasteiger partial charge >= 0.3 is 0 Å². The van der Waals surface area contributed by atoms with Gasteiger partial charge in [-0.2, -0.15) is 11.3 Å². The van der Waals surface area contributed by atoms with Crippen molar-refractivity contribution in [2.75, 3.05) is 25.5 Å². The van der Waals surface area contributed by atoms with Gasteiger partial charge < -0.3 is 15.4 Å². The number of piperidine rings is 1. The van der Waals surface area contributed by atoms with Crippen molar-refractivity contribution >= 4 is 22.8 Å². The second-order valence-electron chi connectivity index (χ2n) is 7.35. The number of hydrogen-bond acceptors (Lipinski definition) is 5. The number of Topliss-reactive ketones (excluding diaryl/α,β-unsaturated/α-hetero) is 1. The molecule has 3 aromatic rings. The highest BCUT2D eigenvalue weighted by atomic mass is 32.1. The van der Waals surface area contributed by atoms with Gasteiger partial charge in [0.2, 0.25) is 0 Å². The molecule has 0 spiro atoms. The monoisotopic (exact) mass is 406 g/mol. The first kappa shape index (κ1) is 19.7. The summed E-state index contributed by atoms with van der Waals surface area (Å²) in [4.78, 5) is 13.7. The van der Waals surface area contributed by atoms with Crippen LogP contribution in [-0.2, 0) is 0 Å². The fourth-order valence-electron chi connectivity index (χ4n) is 3.94. The molecule has 0 radical (unpaired) electrons. The van der Waals surface area contributed by atoms with Crippen LogP contribution in [0.5, 0.6) is 5.75 Å². The Balaban J connectivity index is 1.66. The van der Waals surface area contributed by atoms with Gasteiger partial charge in [0.05, 0.1) is 7.11 Å². The SMILES string of the molecule is COc1cccc(NC(C(=O)c2cscc2C2CCNCC2)c2ccccc2)c1. The van der Waals surface area contributed by atoms with Crippen molar-refractivity contribution in [2.45, 2.75) is 24.8 Å². The van der Waals surface area contributed by atoms with E-state index in [-0.39, 0.29) is 5.78 Å². The summed E-state index contributed by atoms with van der Waals surface area (Å²) in [6.07, 6.45) is 2.16. The van der Waals surface area contributed by atoms with Crippen LogP contribution in [0.1, 0.15) is 46.3 Å². The number of methoxy groups -OCH3 is 1. The molecule has 150 valence electrons. The van der Waals surface area contributed by atoms with Crippen LogP contribution in [0, 0.1) is 0 Å². The summed E-state index contributed by atoms with van der Waals surface area (Å²) in [6.45, 7) is 2.02. The minimum atomic E-state index is -0.446. The van der Waals surface area contributed by atoms with Gasteiger partial charge in [-0.25, -0.2) is 0 Å². The molecule has 0 aliphatic carbocycles. The zero-order valence-electron chi connectivity index (χ0n) is 16.6. The molecule has 2 heterocycles. The van der Waals surface area contributed by atoms with E-state index in [0.717, 1.165) is 48.5 Å². The van der Waals surface area contributed by atoms with Crippen LogP contribution >= 0.6 is 11.3 Å². The molecule has 2 N–H and O–H groups in total. The third-order valence-electron chi connectivity index (χ3n) is 5.51. The summed E-state index contributed by atoms with van der Waals surface area (Å²) in [5.74, 6) is 1.34. The minimum Gasteiger partial charge on any atom is -0.497 e. The molecule has 4 nitrogen and oxygen atoms in total. The van der Waals surface area contributed by atoms with Gasteiger partial charge in [-0.05, 0) is 60.5 Å². The van der Waals surface area contributed by atoms with Crippen LogP contribution in [0.25, 0.3) is 0 Å². The molecule has 1 saturated heterocycles. The van der Waals surface area contributed by atoms with E-state index >= 15 is 0 Å². The molecular weight excluding hydrogens is 380 g/mol. The van der Waals surface area contributed by atoms with Crippen LogP contribution in [0.4, 0.5) is 5.69 Å². The van der Waals surface area contributed by atoms with Gasteiger partial charge in [-0.1, -0.05) is 36.4 Å². The zero-order chi connectivity index (χ0) is 20.1. The maximum Gasteiger partial charge on any atom is 0.190 e. The van der Waals surface area contributed by atoms with Gasteiger partial charge in [0, 0.05) is 22.7 Å². The lowest BCUT2D eigenvalue weighted by molar-refractivity contribution is 0.0968. The van der Waals surface area contributed by atoms with Gasteiger partial charge in [0.25, 0.3) is 0 Å². The third kappa shape index (κ3) is 4.52. The molecular formula is C24H26N2O2S. The predicted molar refractivity (Wildman–Crippen MR) is 119 cm³/mol. The van der Waals surface area contributed by atoms with Crippen LogP contribution in [-0.4, -0.2) is 26.0 Å². The summed E-state index contributed by atoms with van der Waals surface area (Å²) >= 11 is 1.62. The number of rotatable bonds is 7. The average Bonchev–Trinajstić information content (AvgIpc) is 3.28. The molecule has 0 saturated carbocycles. The maximum absolute atomic E-state index is 13.7. The molecule has 29 heavy (non-hydrogen) atoms. The normalized spacial score (nSPS) is 15.6. The first-order valence-electron chi connectivity index (χ1n) is 10.0. The topological polar surface area (TPSA) is 50.4 Å². The molecule has 4 rings (SSSR count). The average molecular weight is 407 g/mol. The highest BCUT2D eigenvalue weighted by Crippen LogP contribution is 2.34. The lowest BCUT2D eigenvalue weighted by Crippen LogP contribution is -2.28. The molecule has 5 heteroatoms. The summed E-state index contributed by atoms with van der Waals surface area (Å²) in [6, 6.07) is 17.2. The van der Waals surface area contributed by atoms with Crippen molar-refractivity contribution in [3.05, 3.63) is 82.0 Å². The van der Waals surface area contributed by atoms with E-state index in [1.807, 2.05) is 60.0 Å². The van der Waals surface area contributed by atoms with E-state index in [9.17, 15) is 4.79 Å². The van der Waals surface area contributed by atoms with Gasteiger partial charge in [-0.15, -0.1) is 0 Å². The molecule has 1 fully saturated rings. The lowest BCUT2D eigenvalue weighted by Gasteiger charge is -2.25. The van der Waals surface area contributed by atoms with E-state index in [4.69, 9.17) is 4.74 Å². The van der Waals surface area contributed by atoms with Crippen LogP contribution < -0.4 is 15.4 Å². The standard InChI is InChI=1S/C24H26N2O2S/c1-28-20-9-5-8-19(14-20)26-23(18-6-3-2-4-7-18)24(27)22-16-29-15-21(22)17-10-12-25-13-11-17/h2-9,14-17,23,25-26H,10-13H2,1H3. The van der Waals surface area contributed by atoms with Crippen molar-refractivity contribution in [2.24, 2.45) is 0 Å². The van der Waals surface area contributed by atoms with Gasteiger partial charge in [-0.3, -0.25) is 4.79 Å². The van der Waals surface area contributed by atoms with Crippen LogP contribution in [0.15, 0.2) is 65.4 Å². The Bertz CT molecular complexity index is 948. The number of carbonyl (C=O) groups excluding carboxylic acids is 1. The number of carbonyl (C=O) groups is 1. The highest BCUT2D eigenvalue weighted by molar-refractivity contribution is 7.08. The second-order valence-corrected chi connectivity index (χ2v) is 8.09. The van der Waals surface area contributed by atoms with Crippen molar-refractivity contribution in [1.29, 1.82) is 0 Å². The zero-order valence-corrected chi connectivity index (χ0v) is 17.4. The molecule has 1 aromatic heterocycles. The maximum atomic E-state index is 13.7. The van der Waals surface area contributed by atoms with E-state index in [1.165, 1.54) is 5.56 Å². The number of thiophene rings is 1. The Morgan fingerprint density at radius 2 is 1.90 bits per heavy atom. The molecule has 0 bridgehead atoms. The Morgan fingerprint density at radius 3 is 2.66 bits per heavy atom. The predicted octanol–water partition coefficient (Wildman–Crippen LogP) is 5.26. The molecule has 1 atom stereocenters. The van der Waals surface area contributed by atoms with Crippen molar-refractivity contribution in [1.82, 2.24) is 5.32 Å². The van der Waals surface area contributed by atoms with Crippen molar-refractivity contribution < 1.29 is 9.53 Å². The first-order chi connectivity index (χ1) is 14.3. The number of anilines is 1. The number of nitrogens with one attached hydrogen (secondary N) is 2. The van der Waals surface area contributed by atoms with Crippen molar-refractivity contribution in [3.63, 3.8) is 0 Å². The molecule has 1 aliphatic rings. The van der Waals surface area contributed by atoms with Crippen LogP contribution in [0.3, 0.4) is 0 Å². The quantitative estimate of drug-likeness (QED) is 0.526. The van der Waals surface area contributed by atoms with Gasteiger partial charge in [0.15, 0.2) is 5.78 Å². The van der Waals surface area contributed by atoms with Crippen LogP contribution in [0.2, 0.25) is 0 Å². The Hall–Kier alpha value is -2.63. The largest absolute Gasteiger partial charge is 0.497 e. The summed E-state index contributed by atoms with van der Waals surface area (Å²) in [5, 5.41) is 11.0. The summed E-state index contributed by atoms with van der Waals surface area (Å²) < 4.78 is 5.34. The minimum absolute atomic E-state index is 0.119. The molecule has 2 aromatic carbocycles. The molecule has 1 unspecified atom stereocenters. The number of ketones is 1. The molecule has 1 aliphatic heterocycles. The number of ether oxygens (including phenoxy) is 1. The fraction of sp³-hybridized carbons (Fsp3) is 0.292. The van der Waals surface area contributed by atoms with E-state index in [0.29, 0.717) is 5.92 Å². The second kappa shape index (κ2) is 9.25.